The molecule has 1 aromatic heterocycles. The molecule has 0 spiro atoms. The molecular formula is C22H23NO7. The van der Waals surface area contributed by atoms with Crippen LogP contribution in [0.5, 0.6) is 0 Å². The van der Waals surface area contributed by atoms with Gasteiger partial charge in [0.25, 0.3) is 0 Å². The summed E-state index contributed by atoms with van der Waals surface area (Å²) in [4.78, 5) is 12.6. The van der Waals surface area contributed by atoms with E-state index < -0.39 is 42.9 Å². The summed E-state index contributed by atoms with van der Waals surface area (Å²) >= 11 is 0. The fourth-order valence-corrected chi connectivity index (χ4v) is 3.83. The van der Waals surface area contributed by atoms with E-state index in [0.29, 0.717) is 16.8 Å². The van der Waals surface area contributed by atoms with Crippen molar-refractivity contribution in [2.24, 2.45) is 0 Å². The Morgan fingerprint density at radius 3 is 2.47 bits per heavy atom. The number of aliphatic hydroxyl groups is 4. The van der Waals surface area contributed by atoms with Crippen LogP contribution in [0.25, 0.3) is 22.1 Å². The summed E-state index contributed by atoms with van der Waals surface area (Å²) in [6.07, 6.45) is -5.28. The standard InChI is InChI=1S/C22H23NO7/c1-11-14-8-7-13(23-18-20(26)19(25)16(10-24)30-22(18)28)9-15(14)29-21(27)17(11)12-5-3-2-4-6-12/h2-9,16,18-20,22-26,28H,10H2,1H3/t16?,18?,19-,20-,22?/m1/s1. The Morgan fingerprint density at radius 2 is 1.77 bits per heavy atom. The molecule has 1 aliphatic rings. The van der Waals surface area contributed by atoms with Gasteiger partial charge in [0, 0.05) is 17.1 Å². The van der Waals surface area contributed by atoms with Gasteiger partial charge in [-0.1, -0.05) is 30.3 Å². The second-order valence-corrected chi connectivity index (χ2v) is 7.37. The van der Waals surface area contributed by atoms with E-state index in [1.54, 1.807) is 18.2 Å². The molecule has 0 saturated carbocycles. The number of aliphatic hydroxyl groups excluding tert-OH is 4. The van der Waals surface area contributed by atoms with Gasteiger partial charge in [0.2, 0.25) is 0 Å². The Morgan fingerprint density at radius 1 is 1.03 bits per heavy atom. The lowest BCUT2D eigenvalue weighted by molar-refractivity contribution is -0.245. The number of ether oxygens (including phenoxy) is 1. The van der Waals surface area contributed by atoms with Crippen molar-refractivity contribution >= 4 is 16.7 Å². The molecule has 30 heavy (non-hydrogen) atoms. The number of aryl methyl sites for hydroxylation is 1. The van der Waals surface area contributed by atoms with E-state index in [9.17, 15) is 25.2 Å². The average molecular weight is 413 g/mol. The molecule has 3 aromatic rings. The summed E-state index contributed by atoms with van der Waals surface area (Å²) in [6.45, 7) is 1.31. The highest BCUT2D eigenvalue weighted by molar-refractivity contribution is 5.88. The second kappa shape index (κ2) is 8.17. The zero-order valence-corrected chi connectivity index (χ0v) is 16.2. The minimum atomic E-state index is -1.45. The number of hydrogen-bond donors (Lipinski definition) is 5. The van der Waals surface area contributed by atoms with Gasteiger partial charge in [0.15, 0.2) is 6.29 Å². The van der Waals surface area contributed by atoms with Crippen LogP contribution < -0.4 is 10.9 Å². The molecule has 5 N–H and O–H groups in total. The largest absolute Gasteiger partial charge is 0.422 e. The molecule has 5 atom stereocenters. The molecule has 2 heterocycles. The maximum Gasteiger partial charge on any atom is 0.344 e. The summed E-state index contributed by atoms with van der Waals surface area (Å²) in [5, 5.41) is 43.3. The normalized spacial score (nSPS) is 26.6. The first-order valence-corrected chi connectivity index (χ1v) is 9.60. The first-order chi connectivity index (χ1) is 14.4. The van der Waals surface area contributed by atoms with Crippen molar-refractivity contribution < 1.29 is 29.6 Å². The second-order valence-electron chi connectivity index (χ2n) is 7.37. The molecule has 0 radical (unpaired) electrons. The van der Waals surface area contributed by atoms with Gasteiger partial charge in [-0.2, -0.15) is 0 Å². The molecule has 158 valence electrons. The zero-order chi connectivity index (χ0) is 21.4. The summed E-state index contributed by atoms with van der Waals surface area (Å²) in [5.74, 6) is 0. The number of fused-ring (bicyclic) bond motifs is 1. The van der Waals surface area contributed by atoms with Gasteiger partial charge in [0.1, 0.15) is 29.9 Å². The number of nitrogens with one attached hydrogen (secondary N) is 1. The first kappa shape index (κ1) is 20.5. The third-order valence-corrected chi connectivity index (χ3v) is 5.46. The highest BCUT2D eigenvalue weighted by atomic mass is 16.6. The third-order valence-electron chi connectivity index (χ3n) is 5.46. The van der Waals surface area contributed by atoms with Crippen molar-refractivity contribution in [3.8, 4) is 11.1 Å². The maximum atomic E-state index is 12.6. The molecule has 0 amide bonds. The van der Waals surface area contributed by atoms with Crippen LogP contribution in [0.3, 0.4) is 0 Å². The minimum Gasteiger partial charge on any atom is -0.422 e. The van der Waals surface area contributed by atoms with E-state index in [-0.39, 0.29) is 0 Å². The minimum absolute atomic E-state index is 0.344. The van der Waals surface area contributed by atoms with Crippen LogP contribution in [0.1, 0.15) is 5.56 Å². The lowest BCUT2D eigenvalue weighted by Crippen LogP contribution is -2.61. The van der Waals surface area contributed by atoms with E-state index in [1.165, 1.54) is 0 Å². The van der Waals surface area contributed by atoms with Gasteiger partial charge in [-0.25, -0.2) is 4.79 Å². The van der Waals surface area contributed by atoms with Crippen LogP contribution >= 0.6 is 0 Å². The Bertz CT molecular complexity index is 1100. The first-order valence-electron chi connectivity index (χ1n) is 9.60. The van der Waals surface area contributed by atoms with Crippen molar-refractivity contribution in [1.82, 2.24) is 0 Å². The summed E-state index contributed by atoms with van der Waals surface area (Å²) in [6, 6.07) is 13.3. The highest BCUT2D eigenvalue weighted by Crippen LogP contribution is 2.29. The van der Waals surface area contributed by atoms with Crippen LogP contribution in [0, 0.1) is 6.92 Å². The van der Waals surface area contributed by atoms with E-state index in [2.05, 4.69) is 5.32 Å². The van der Waals surface area contributed by atoms with E-state index in [4.69, 9.17) is 9.15 Å². The third kappa shape index (κ3) is 3.60. The van der Waals surface area contributed by atoms with E-state index in [0.717, 1.165) is 16.5 Å². The fraction of sp³-hybridized carbons (Fsp3) is 0.318. The number of benzene rings is 2. The van der Waals surface area contributed by atoms with Gasteiger partial charge < -0.3 is 34.9 Å². The fourth-order valence-electron chi connectivity index (χ4n) is 3.83. The molecule has 0 aliphatic carbocycles. The number of anilines is 1. The molecule has 1 fully saturated rings. The summed E-state index contributed by atoms with van der Waals surface area (Å²) in [5.41, 5.74) is 2.38. The molecule has 1 saturated heterocycles. The topological polar surface area (TPSA) is 132 Å². The van der Waals surface area contributed by atoms with Crippen molar-refractivity contribution in [3.05, 3.63) is 64.5 Å². The van der Waals surface area contributed by atoms with Crippen LogP contribution in [0.15, 0.2) is 57.7 Å². The smallest absolute Gasteiger partial charge is 0.344 e. The van der Waals surface area contributed by atoms with Gasteiger partial charge in [-0.15, -0.1) is 0 Å². The van der Waals surface area contributed by atoms with Crippen LogP contribution in [-0.4, -0.2) is 57.7 Å². The highest BCUT2D eigenvalue weighted by Gasteiger charge is 2.43. The van der Waals surface area contributed by atoms with Crippen molar-refractivity contribution in [2.75, 3.05) is 11.9 Å². The van der Waals surface area contributed by atoms with Gasteiger partial charge >= 0.3 is 5.63 Å². The van der Waals surface area contributed by atoms with Crippen LogP contribution in [-0.2, 0) is 4.74 Å². The van der Waals surface area contributed by atoms with E-state index in [1.807, 2.05) is 37.3 Å². The quantitative estimate of drug-likeness (QED) is 0.400. The Hall–Kier alpha value is -2.75. The summed E-state index contributed by atoms with van der Waals surface area (Å²) in [7, 11) is 0. The molecule has 4 rings (SSSR count). The SMILES string of the molecule is Cc1c(-c2ccccc2)c(=O)oc2cc(NC3C(O)OC(CO)[C@@H](O)[C@@H]3O)ccc12. The number of hydrogen-bond acceptors (Lipinski definition) is 8. The van der Waals surface area contributed by atoms with Crippen molar-refractivity contribution in [2.45, 2.75) is 37.6 Å². The predicted octanol–water partition coefficient (Wildman–Crippen LogP) is 0.980. The Labute approximate surface area is 172 Å². The Kier molecular flexibility index (Phi) is 5.59. The van der Waals surface area contributed by atoms with Gasteiger partial charge in [-0.3, -0.25) is 0 Å². The zero-order valence-electron chi connectivity index (χ0n) is 16.2. The molecule has 1 aliphatic heterocycles. The average Bonchev–Trinajstić information content (AvgIpc) is 2.74. The Balaban J connectivity index is 1.67. The monoisotopic (exact) mass is 413 g/mol. The molecular weight excluding hydrogens is 390 g/mol. The van der Waals surface area contributed by atoms with Crippen LogP contribution in [0.2, 0.25) is 0 Å². The lowest BCUT2D eigenvalue weighted by atomic mass is 9.96. The summed E-state index contributed by atoms with van der Waals surface area (Å²) < 4.78 is 10.7. The maximum absolute atomic E-state index is 12.6. The number of rotatable bonds is 4. The van der Waals surface area contributed by atoms with Crippen molar-refractivity contribution in [1.29, 1.82) is 0 Å². The van der Waals surface area contributed by atoms with Gasteiger partial charge in [0.05, 0.1) is 12.2 Å². The van der Waals surface area contributed by atoms with Gasteiger partial charge in [-0.05, 0) is 30.2 Å². The molecule has 3 unspecified atom stereocenters. The molecule has 0 bridgehead atoms. The van der Waals surface area contributed by atoms with Crippen molar-refractivity contribution in [3.63, 3.8) is 0 Å². The van der Waals surface area contributed by atoms with Crippen LogP contribution in [0.4, 0.5) is 5.69 Å². The van der Waals surface area contributed by atoms with E-state index >= 15 is 0 Å². The molecule has 2 aromatic carbocycles. The molecule has 8 nitrogen and oxygen atoms in total. The molecule has 8 heteroatoms. The lowest BCUT2D eigenvalue weighted by Gasteiger charge is -2.40. The predicted molar refractivity (Wildman–Crippen MR) is 110 cm³/mol.